The minimum Gasteiger partial charge on any atom is -0.507 e. The van der Waals surface area contributed by atoms with Crippen molar-refractivity contribution in [3.8, 4) is 17.2 Å². The molecule has 0 radical (unpaired) electrons. The zero-order chi connectivity index (χ0) is 25.3. The summed E-state index contributed by atoms with van der Waals surface area (Å²) in [5.41, 5.74) is 1.78. The second kappa shape index (κ2) is 9.54. The lowest BCUT2D eigenvalue weighted by molar-refractivity contribution is -0.132. The number of phenols is 1. The van der Waals surface area contributed by atoms with Gasteiger partial charge in [-0.25, -0.2) is 0 Å². The van der Waals surface area contributed by atoms with Gasteiger partial charge in [-0.3, -0.25) is 14.5 Å². The van der Waals surface area contributed by atoms with E-state index >= 15 is 0 Å². The summed E-state index contributed by atoms with van der Waals surface area (Å²) in [6, 6.07) is 17.3. The smallest absolute Gasteiger partial charge is 0.300 e. The van der Waals surface area contributed by atoms with Crippen molar-refractivity contribution in [2.45, 2.75) is 25.8 Å². The SMILES string of the molecule is COc1ccc(/C(O)=C2\C(=O)C(=O)N(c3ccccc3O)C2c2ccccc2OC)cc1C(C)C. The molecule has 3 aromatic rings. The van der Waals surface area contributed by atoms with Gasteiger partial charge in [0.2, 0.25) is 0 Å². The van der Waals surface area contributed by atoms with Crippen molar-refractivity contribution >= 4 is 23.1 Å². The Hall–Kier alpha value is -4.26. The fraction of sp³-hybridized carbons (Fsp3) is 0.214. The van der Waals surface area contributed by atoms with Gasteiger partial charge < -0.3 is 19.7 Å². The Balaban J connectivity index is 2.00. The number of ether oxygens (including phenoxy) is 2. The highest BCUT2D eigenvalue weighted by atomic mass is 16.5. The van der Waals surface area contributed by atoms with Crippen LogP contribution in [0.25, 0.3) is 5.76 Å². The number of nitrogens with zero attached hydrogens (tertiary/aromatic N) is 1. The number of hydrogen-bond donors (Lipinski definition) is 2. The molecule has 1 unspecified atom stereocenters. The first-order valence-electron chi connectivity index (χ1n) is 11.2. The Morgan fingerprint density at radius 1 is 0.914 bits per heavy atom. The highest BCUT2D eigenvalue weighted by Crippen LogP contribution is 2.47. The molecule has 0 aliphatic carbocycles. The van der Waals surface area contributed by atoms with Crippen LogP contribution >= 0.6 is 0 Å². The average Bonchev–Trinajstić information content (AvgIpc) is 3.13. The van der Waals surface area contributed by atoms with Crippen LogP contribution in [0.3, 0.4) is 0 Å². The fourth-order valence-electron chi connectivity index (χ4n) is 4.42. The Labute approximate surface area is 203 Å². The largest absolute Gasteiger partial charge is 0.507 e. The number of aliphatic hydroxyl groups is 1. The maximum absolute atomic E-state index is 13.4. The number of Topliss-reactive ketones (excluding diaryl/α,β-unsaturated/α-hetero) is 1. The molecule has 1 aliphatic rings. The van der Waals surface area contributed by atoms with Crippen LogP contribution in [0.4, 0.5) is 5.69 Å². The highest BCUT2D eigenvalue weighted by Gasteiger charge is 2.48. The number of aromatic hydroxyl groups is 1. The molecule has 1 atom stereocenters. The fourth-order valence-corrected chi connectivity index (χ4v) is 4.42. The van der Waals surface area contributed by atoms with Crippen LogP contribution in [0.2, 0.25) is 0 Å². The van der Waals surface area contributed by atoms with E-state index in [1.807, 2.05) is 13.8 Å². The standard InChI is InChI=1S/C28H27NO6/c1-16(2)19-15-17(13-14-23(19)35-4)26(31)24-25(18-9-5-8-12-22(18)34-3)29(28(33)27(24)32)20-10-6-7-11-21(20)30/h5-16,25,30-31H,1-4H3/b26-24+. The molecule has 1 aliphatic heterocycles. The van der Waals surface area contributed by atoms with Crippen LogP contribution in [0.15, 0.2) is 72.3 Å². The Kier molecular flexibility index (Phi) is 6.51. The molecule has 7 heteroatoms. The molecular formula is C28H27NO6. The van der Waals surface area contributed by atoms with Crippen LogP contribution in [0, 0.1) is 0 Å². The number of para-hydroxylation sites is 3. The molecule has 7 nitrogen and oxygen atoms in total. The average molecular weight is 474 g/mol. The molecule has 1 saturated heterocycles. The van der Waals surface area contributed by atoms with E-state index < -0.39 is 17.7 Å². The summed E-state index contributed by atoms with van der Waals surface area (Å²) in [5.74, 6) is -1.02. The van der Waals surface area contributed by atoms with Crippen LogP contribution < -0.4 is 14.4 Å². The van der Waals surface area contributed by atoms with Crippen molar-refractivity contribution in [2.75, 3.05) is 19.1 Å². The summed E-state index contributed by atoms with van der Waals surface area (Å²) in [4.78, 5) is 27.9. The van der Waals surface area contributed by atoms with E-state index in [-0.39, 0.29) is 28.7 Å². The highest BCUT2D eigenvalue weighted by molar-refractivity contribution is 6.52. The van der Waals surface area contributed by atoms with Crippen molar-refractivity contribution < 1.29 is 29.3 Å². The number of carbonyl (C=O) groups excluding carboxylic acids is 2. The summed E-state index contributed by atoms with van der Waals surface area (Å²) >= 11 is 0. The Bertz CT molecular complexity index is 1330. The number of rotatable bonds is 6. The minimum atomic E-state index is -1.02. The first-order chi connectivity index (χ1) is 16.8. The minimum absolute atomic E-state index is 0.0893. The zero-order valence-corrected chi connectivity index (χ0v) is 20.0. The summed E-state index contributed by atoms with van der Waals surface area (Å²) in [6.07, 6.45) is 0. The number of ketones is 1. The van der Waals surface area contributed by atoms with Crippen LogP contribution in [0.1, 0.15) is 42.5 Å². The van der Waals surface area contributed by atoms with Crippen molar-refractivity contribution in [1.82, 2.24) is 0 Å². The van der Waals surface area contributed by atoms with Crippen molar-refractivity contribution in [3.05, 3.63) is 89.0 Å². The van der Waals surface area contributed by atoms with Gasteiger partial charge in [-0.2, -0.15) is 0 Å². The normalized spacial score (nSPS) is 17.2. The lowest BCUT2D eigenvalue weighted by Gasteiger charge is -2.27. The van der Waals surface area contributed by atoms with Crippen LogP contribution in [-0.2, 0) is 9.59 Å². The quantitative estimate of drug-likeness (QED) is 0.292. The lowest BCUT2D eigenvalue weighted by Crippen LogP contribution is -2.29. The van der Waals surface area contributed by atoms with E-state index in [4.69, 9.17) is 9.47 Å². The van der Waals surface area contributed by atoms with E-state index in [1.165, 1.54) is 18.1 Å². The van der Waals surface area contributed by atoms with Gasteiger partial charge in [0.1, 0.15) is 23.0 Å². The molecule has 3 aromatic carbocycles. The summed E-state index contributed by atoms with van der Waals surface area (Å²) < 4.78 is 11.0. The molecule has 180 valence electrons. The van der Waals surface area contributed by atoms with Gasteiger partial charge in [0.25, 0.3) is 11.7 Å². The van der Waals surface area contributed by atoms with Gasteiger partial charge in [-0.05, 0) is 47.9 Å². The summed E-state index contributed by atoms with van der Waals surface area (Å²) in [5, 5.41) is 22.0. The molecule has 0 bridgehead atoms. The predicted molar refractivity (Wildman–Crippen MR) is 133 cm³/mol. The molecule has 1 fully saturated rings. The van der Waals surface area contributed by atoms with E-state index in [0.29, 0.717) is 22.6 Å². The monoisotopic (exact) mass is 473 g/mol. The van der Waals surface area contributed by atoms with Crippen molar-refractivity contribution in [3.63, 3.8) is 0 Å². The molecule has 0 spiro atoms. The van der Waals surface area contributed by atoms with Crippen LogP contribution in [-0.4, -0.2) is 36.1 Å². The van der Waals surface area contributed by atoms with E-state index in [2.05, 4.69) is 0 Å². The number of phenolic OH excluding ortho intramolecular Hbond substituents is 1. The predicted octanol–water partition coefficient (Wildman–Crippen LogP) is 5.16. The molecule has 1 amide bonds. The molecule has 0 saturated carbocycles. The molecule has 35 heavy (non-hydrogen) atoms. The molecule has 1 heterocycles. The third kappa shape index (κ3) is 4.10. The number of methoxy groups -OCH3 is 2. The van der Waals surface area contributed by atoms with Gasteiger partial charge in [-0.15, -0.1) is 0 Å². The number of hydrogen-bond acceptors (Lipinski definition) is 6. The molecule has 0 aromatic heterocycles. The first-order valence-corrected chi connectivity index (χ1v) is 11.2. The van der Waals surface area contributed by atoms with Gasteiger partial charge >= 0.3 is 0 Å². The third-order valence-electron chi connectivity index (χ3n) is 6.14. The van der Waals surface area contributed by atoms with E-state index in [1.54, 1.807) is 67.8 Å². The topological polar surface area (TPSA) is 96.3 Å². The first kappa shape index (κ1) is 23.9. The second-order valence-electron chi connectivity index (χ2n) is 8.51. The number of carbonyl (C=O) groups is 2. The number of amides is 1. The molecule has 4 rings (SSSR count). The summed E-state index contributed by atoms with van der Waals surface area (Å²) in [6.45, 7) is 3.99. The van der Waals surface area contributed by atoms with Crippen molar-refractivity contribution in [1.29, 1.82) is 0 Å². The second-order valence-corrected chi connectivity index (χ2v) is 8.51. The van der Waals surface area contributed by atoms with Gasteiger partial charge in [-0.1, -0.05) is 44.2 Å². The van der Waals surface area contributed by atoms with Crippen molar-refractivity contribution in [2.24, 2.45) is 0 Å². The van der Waals surface area contributed by atoms with E-state index in [0.717, 1.165) is 5.56 Å². The maximum Gasteiger partial charge on any atom is 0.300 e. The Morgan fingerprint density at radius 2 is 1.57 bits per heavy atom. The Morgan fingerprint density at radius 3 is 2.23 bits per heavy atom. The third-order valence-corrected chi connectivity index (χ3v) is 6.14. The lowest BCUT2D eigenvalue weighted by atomic mass is 9.92. The molecule has 2 N–H and O–H groups in total. The van der Waals surface area contributed by atoms with E-state index in [9.17, 15) is 19.8 Å². The van der Waals surface area contributed by atoms with Gasteiger partial charge in [0.15, 0.2) is 0 Å². The van der Waals surface area contributed by atoms with Crippen LogP contribution in [0.5, 0.6) is 17.2 Å². The number of anilines is 1. The van der Waals surface area contributed by atoms with Gasteiger partial charge in [0.05, 0.1) is 31.5 Å². The zero-order valence-electron chi connectivity index (χ0n) is 20.0. The number of benzene rings is 3. The molecular weight excluding hydrogens is 446 g/mol. The maximum atomic E-state index is 13.4. The summed E-state index contributed by atoms with van der Waals surface area (Å²) in [7, 11) is 3.06. The van der Waals surface area contributed by atoms with Gasteiger partial charge in [0, 0.05) is 11.1 Å². The number of aliphatic hydroxyl groups excluding tert-OH is 1.